The van der Waals surface area contributed by atoms with Crippen LogP contribution in [0, 0.1) is 0 Å². The average molecular weight is 273 g/mol. The molecule has 1 N–H and O–H groups in total. The zero-order valence-corrected chi connectivity index (χ0v) is 10.2. The number of benzene rings is 1. The van der Waals surface area contributed by atoms with Gasteiger partial charge in [-0.3, -0.25) is 4.79 Å². The molecule has 0 radical (unpaired) electrons. The van der Waals surface area contributed by atoms with E-state index < -0.39 is 12.7 Å². The maximum Gasteiger partial charge on any atom is 0.401 e. The second-order valence-corrected chi connectivity index (χ2v) is 4.49. The van der Waals surface area contributed by atoms with E-state index in [4.69, 9.17) is 4.74 Å². The molecule has 0 atom stereocenters. The van der Waals surface area contributed by atoms with E-state index in [1.54, 1.807) is 24.3 Å². The van der Waals surface area contributed by atoms with Crippen LogP contribution in [-0.2, 0) is 0 Å². The number of nitrogens with one attached hydrogen (secondary N) is 1. The zero-order valence-electron chi connectivity index (χ0n) is 10.2. The molecular formula is C13H14F3NO2. The van der Waals surface area contributed by atoms with Crippen molar-refractivity contribution in [1.29, 1.82) is 0 Å². The van der Waals surface area contributed by atoms with Crippen LogP contribution in [0.4, 0.5) is 13.2 Å². The van der Waals surface area contributed by atoms with Crippen molar-refractivity contribution in [2.45, 2.75) is 25.1 Å². The number of halogens is 3. The Balaban J connectivity index is 1.87. The van der Waals surface area contributed by atoms with Gasteiger partial charge in [-0.25, -0.2) is 0 Å². The Morgan fingerprint density at radius 1 is 1.37 bits per heavy atom. The first-order valence-electron chi connectivity index (χ1n) is 6.01. The topological polar surface area (TPSA) is 38.3 Å². The summed E-state index contributed by atoms with van der Waals surface area (Å²) in [5, 5.41) is 2.08. The number of Topliss-reactive ketones (excluding diaryl/α,β-unsaturated/α-hetero) is 1. The number of rotatable bonds is 6. The van der Waals surface area contributed by atoms with Gasteiger partial charge in [-0.2, -0.15) is 13.2 Å². The van der Waals surface area contributed by atoms with Gasteiger partial charge in [0.05, 0.1) is 19.2 Å². The zero-order chi connectivity index (χ0) is 13.9. The molecule has 3 nitrogen and oxygen atoms in total. The molecule has 104 valence electrons. The lowest BCUT2D eigenvalue weighted by Crippen LogP contribution is -2.32. The summed E-state index contributed by atoms with van der Waals surface area (Å²) in [6, 6.07) is 6.53. The standard InChI is InChI=1S/C13H14F3NO2/c14-13(15,16)8-17-7-12(18)9-2-1-3-11(6-9)19-10-4-5-10/h1-3,6,10,17H,4-5,7-8H2. The van der Waals surface area contributed by atoms with E-state index in [-0.39, 0.29) is 18.4 Å². The van der Waals surface area contributed by atoms with Crippen molar-refractivity contribution in [3.8, 4) is 5.75 Å². The molecule has 19 heavy (non-hydrogen) atoms. The summed E-state index contributed by atoms with van der Waals surface area (Å²) in [5.74, 6) is 0.203. The van der Waals surface area contributed by atoms with Crippen LogP contribution in [0.3, 0.4) is 0 Å². The summed E-state index contributed by atoms with van der Waals surface area (Å²) in [6.45, 7) is -1.51. The fraction of sp³-hybridized carbons (Fsp3) is 0.462. The Labute approximate surface area is 108 Å². The Bertz CT molecular complexity index is 455. The highest BCUT2D eigenvalue weighted by atomic mass is 19.4. The third-order valence-electron chi connectivity index (χ3n) is 2.59. The van der Waals surface area contributed by atoms with Crippen molar-refractivity contribution in [2.75, 3.05) is 13.1 Å². The second-order valence-electron chi connectivity index (χ2n) is 4.49. The van der Waals surface area contributed by atoms with Crippen LogP contribution in [0.15, 0.2) is 24.3 Å². The SMILES string of the molecule is O=C(CNCC(F)(F)F)c1cccc(OC2CC2)c1. The first kappa shape index (κ1) is 13.9. The number of ether oxygens (including phenoxy) is 1. The van der Waals surface area contributed by atoms with Crippen LogP contribution >= 0.6 is 0 Å². The number of ketones is 1. The lowest BCUT2D eigenvalue weighted by molar-refractivity contribution is -0.124. The van der Waals surface area contributed by atoms with Gasteiger partial charge in [-0.1, -0.05) is 12.1 Å². The molecule has 0 heterocycles. The van der Waals surface area contributed by atoms with E-state index in [0.717, 1.165) is 12.8 Å². The van der Waals surface area contributed by atoms with Crippen LogP contribution in [0.25, 0.3) is 0 Å². The van der Waals surface area contributed by atoms with Crippen molar-refractivity contribution >= 4 is 5.78 Å². The molecule has 1 aliphatic carbocycles. The van der Waals surface area contributed by atoms with Gasteiger partial charge in [0.15, 0.2) is 5.78 Å². The molecule has 2 rings (SSSR count). The Morgan fingerprint density at radius 3 is 2.74 bits per heavy atom. The van der Waals surface area contributed by atoms with E-state index in [9.17, 15) is 18.0 Å². The first-order valence-corrected chi connectivity index (χ1v) is 6.01. The lowest BCUT2D eigenvalue weighted by atomic mass is 10.1. The predicted molar refractivity (Wildman–Crippen MR) is 63.3 cm³/mol. The van der Waals surface area contributed by atoms with E-state index in [0.29, 0.717) is 11.3 Å². The highest BCUT2D eigenvalue weighted by molar-refractivity contribution is 5.97. The molecule has 0 bridgehead atoms. The number of hydrogen-bond acceptors (Lipinski definition) is 3. The molecule has 0 saturated heterocycles. The van der Waals surface area contributed by atoms with Gasteiger partial charge >= 0.3 is 6.18 Å². The fourth-order valence-electron chi connectivity index (χ4n) is 1.54. The fourth-order valence-corrected chi connectivity index (χ4v) is 1.54. The van der Waals surface area contributed by atoms with Crippen LogP contribution in [0.1, 0.15) is 23.2 Å². The molecule has 0 spiro atoms. The van der Waals surface area contributed by atoms with Crippen LogP contribution in [0.2, 0.25) is 0 Å². The number of alkyl halides is 3. The maximum atomic E-state index is 11.9. The molecular weight excluding hydrogens is 259 g/mol. The maximum absolute atomic E-state index is 11.9. The molecule has 1 saturated carbocycles. The van der Waals surface area contributed by atoms with Gasteiger partial charge in [-0.05, 0) is 25.0 Å². The Hall–Kier alpha value is -1.56. The summed E-state index contributed by atoms with van der Waals surface area (Å²) in [5.41, 5.74) is 0.354. The summed E-state index contributed by atoms with van der Waals surface area (Å²) in [7, 11) is 0. The monoisotopic (exact) mass is 273 g/mol. The number of carbonyl (C=O) groups is 1. The largest absolute Gasteiger partial charge is 0.490 e. The quantitative estimate of drug-likeness (QED) is 0.809. The minimum Gasteiger partial charge on any atom is -0.490 e. The molecule has 0 aromatic heterocycles. The highest BCUT2D eigenvalue weighted by Gasteiger charge is 2.27. The Kier molecular flexibility index (Phi) is 4.09. The van der Waals surface area contributed by atoms with E-state index in [1.165, 1.54) is 0 Å². The van der Waals surface area contributed by atoms with E-state index in [1.807, 2.05) is 0 Å². The van der Waals surface area contributed by atoms with Gasteiger partial charge in [0.2, 0.25) is 0 Å². The van der Waals surface area contributed by atoms with Gasteiger partial charge in [0, 0.05) is 5.56 Å². The van der Waals surface area contributed by atoms with Gasteiger partial charge in [0.1, 0.15) is 5.75 Å². The molecule has 1 aromatic carbocycles. The highest BCUT2D eigenvalue weighted by Crippen LogP contribution is 2.27. The van der Waals surface area contributed by atoms with Crippen LogP contribution < -0.4 is 10.1 Å². The smallest absolute Gasteiger partial charge is 0.401 e. The predicted octanol–water partition coefficient (Wildman–Crippen LogP) is 2.56. The molecule has 0 unspecified atom stereocenters. The summed E-state index contributed by atoms with van der Waals surface area (Å²) in [4.78, 5) is 11.7. The van der Waals surface area contributed by atoms with E-state index >= 15 is 0 Å². The first-order chi connectivity index (χ1) is 8.94. The van der Waals surface area contributed by atoms with Gasteiger partial charge in [-0.15, -0.1) is 0 Å². The number of hydrogen-bond donors (Lipinski definition) is 1. The normalized spacial score (nSPS) is 15.3. The van der Waals surface area contributed by atoms with Gasteiger partial charge < -0.3 is 10.1 Å². The van der Waals surface area contributed by atoms with Crippen molar-refractivity contribution in [3.63, 3.8) is 0 Å². The van der Waals surface area contributed by atoms with Crippen molar-refractivity contribution in [2.24, 2.45) is 0 Å². The molecule has 1 aliphatic rings. The van der Waals surface area contributed by atoms with Crippen molar-refractivity contribution in [3.05, 3.63) is 29.8 Å². The molecule has 0 amide bonds. The molecule has 1 fully saturated rings. The third kappa shape index (κ3) is 4.90. The number of carbonyl (C=O) groups excluding carboxylic acids is 1. The minimum atomic E-state index is -4.31. The summed E-state index contributed by atoms with van der Waals surface area (Å²) < 4.78 is 41.3. The molecule has 6 heteroatoms. The van der Waals surface area contributed by atoms with Crippen LogP contribution in [-0.4, -0.2) is 31.2 Å². The van der Waals surface area contributed by atoms with Crippen molar-refractivity contribution < 1.29 is 22.7 Å². The summed E-state index contributed by atoms with van der Waals surface area (Å²) in [6.07, 6.45) is -2.08. The lowest BCUT2D eigenvalue weighted by Gasteiger charge is -2.09. The molecule has 0 aliphatic heterocycles. The minimum absolute atomic E-state index is 0.216. The average Bonchev–Trinajstić information content (AvgIpc) is 3.11. The Morgan fingerprint density at radius 2 is 2.11 bits per heavy atom. The second kappa shape index (κ2) is 5.61. The third-order valence-corrected chi connectivity index (χ3v) is 2.59. The van der Waals surface area contributed by atoms with Gasteiger partial charge in [0.25, 0.3) is 0 Å². The summed E-state index contributed by atoms with van der Waals surface area (Å²) >= 11 is 0. The van der Waals surface area contributed by atoms with Crippen molar-refractivity contribution in [1.82, 2.24) is 5.32 Å². The molecule has 1 aromatic rings. The van der Waals surface area contributed by atoms with Crippen LogP contribution in [0.5, 0.6) is 5.75 Å². The van der Waals surface area contributed by atoms with E-state index in [2.05, 4.69) is 5.32 Å².